The first-order valence-electron chi connectivity index (χ1n) is 6.23. The molecule has 1 N–H and O–H groups in total. The van der Waals surface area contributed by atoms with Crippen molar-refractivity contribution in [2.75, 3.05) is 5.75 Å². The van der Waals surface area contributed by atoms with Crippen LogP contribution in [0.3, 0.4) is 0 Å². The van der Waals surface area contributed by atoms with Crippen molar-refractivity contribution in [3.8, 4) is 0 Å². The summed E-state index contributed by atoms with van der Waals surface area (Å²) < 4.78 is 49.7. The molecule has 2 unspecified atom stereocenters. The number of sulfone groups is 1. The van der Waals surface area contributed by atoms with Crippen LogP contribution in [-0.4, -0.2) is 30.6 Å². The van der Waals surface area contributed by atoms with Crippen molar-refractivity contribution in [2.45, 2.75) is 37.0 Å². The fraction of sp³-hybridized carbons (Fsp3) is 0.538. The first-order valence-corrected chi connectivity index (χ1v) is 7.94. The van der Waals surface area contributed by atoms with Crippen molar-refractivity contribution in [3.63, 3.8) is 0 Å². The fourth-order valence-electron chi connectivity index (χ4n) is 2.51. The van der Waals surface area contributed by atoms with E-state index in [1.54, 1.807) is 0 Å². The minimum Gasteiger partial charge on any atom is -0.391 e. The maximum Gasteiger partial charge on any atom is 0.155 e. The van der Waals surface area contributed by atoms with Gasteiger partial charge in [0.15, 0.2) is 9.84 Å². The highest BCUT2D eigenvalue weighted by molar-refractivity contribution is 7.92. The largest absolute Gasteiger partial charge is 0.391 e. The van der Waals surface area contributed by atoms with Crippen LogP contribution in [-0.2, 0) is 16.3 Å². The fourth-order valence-corrected chi connectivity index (χ4v) is 4.52. The van der Waals surface area contributed by atoms with E-state index in [1.165, 1.54) is 0 Å². The molecule has 0 amide bonds. The summed E-state index contributed by atoms with van der Waals surface area (Å²) in [6.07, 6.45) is 0.588. The first-order chi connectivity index (χ1) is 8.88. The van der Waals surface area contributed by atoms with Crippen LogP contribution in [0.15, 0.2) is 18.2 Å². The highest BCUT2D eigenvalue weighted by atomic mass is 32.2. The molecule has 6 heteroatoms. The van der Waals surface area contributed by atoms with Crippen molar-refractivity contribution in [1.82, 2.24) is 0 Å². The average Bonchev–Trinajstić information content (AvgIpc) is 2.26. The van der Waals surface area contributed by atoms with Crippen LogP contribution < -0.4 is 0 Å². The van der Waals surface area contributed by atoms with E-state index < -0.39 is 32.8 Å². The van der Waals surface area contributed by atoms with Gasteiger partial charge >= 0.3 is 0 Å². The number of aliphatic hydroxyl groups excluding tert-OH is 1. The van der Waals surface area contributed by atoms with Gasteiger partial charge in [0.25, 0.3) is 0 Å². The Bertz CT molecular complexity index is 537. The minimum atomic E-state index is -3.30. The maximum absolute atomic E-state index is 13.0. The Morgan fingerprint density at radius 1 is 1.21 bits per heavy atom. The summed E-state index contributed by atoms with van der Waals surface area (Å²) in [6.45, 7) is 0. The predicted molar refractivity (Wildman–Crippen MR) is 67.5 cm³/mol. The Hall–Kier alpha value is -1.01. The molecule has 1 aliphatic rings. The van der Waals surface area contributed by atoms with Crippen molar-refractivity contribution in [1.29, 1.82) is 0 Å². The second kappa shape index (κ2) is 5.54. The molecule has 0 aliphatic carbocycles. The third-order valence-corrected chi connectivity index (χ3v) is 5.76. The average molecular weight is 290 g/mol. The van der Waals surface area contributed by atoms with E-state index in [-0.39, 0.29) is 17.7 Å². The molecule has 2 rings (SSSR count). The van der Waals surface area contributed by atoms with Gasteiger partial charge < -0.3 is 5.11 Å². The second-order valence-corrected chi connectivity index (χ2v) is 7.29. The Labute approximate surface area is 111 Å². The lowest BCUT2D eigenvalue weighted by Gasteiger charge is -2.26. The zero-order valence-electron chi connectivity index (χ0n) is 10.4. The van der Waals surface area contributed by atoms with Crippen LogP contribution in [0.25, 0.3) is 0 Å². The molecule has 0 saturated carbocycles. The molecule has 0 bridgehead atoms. The number of rotatable bonds is 3. The summed E-state index contributed by atoms with van der Waals surface area (Å²) in [5.41, 5.74) is 0.269. The van der Waals surface area contributed by atoms with E-state index in [4.69, 9.17) is 0 Å². The summed E-state index contributed by atoms with van der Waals surface area (Å²) in [5, 5.41) is 9.19. The van der Waals surface area contributed by atoms with Crippen LogP contribution in [0, 0.1) is 11.6 Å². The molecule has 3 nitrogen and oxygen atoms in total. The van der Waals surface area contributed by atoms with E-state index >= 15 is 0 Å². The lowest BCUT2D eigenvalue weighted by Crippen LogP contribution is -2.39. The summed E-state index contributed by atoms with van der Waals surface area (Å²) in [7, 11) is -3.30. The van der Waals surface area contributed by atoms with Crippen LogP contribution in [0.1, 0.15) is 24.8 Å². The summed E-state index contributed by atoms with van der Waals surface area (Å²) >= 11 is 0. The molecular weight excluding hydrogens is 274 g/mol. The summed E-state index contributed by atoms with van der Waals surface area (Å²) in [6, 6.07) is 2.97. The van der Waals surface area contributed by atoms with Gasteiger partial charge in [0, 0.05) is 6.07 Å². The highest BCUT2D eigenvalue weighted by Crippen LogP contribution is 2.24. The van der Waals surface area contributed by atoms with Crippen molar-refractivity contribution in [3.05, 3.63) is 35.4 Å². The topological polar surface area (TPSA) is 54.4 Å². The molecular formula is C13H16F2O3S. The van der Waals surface area contributed by atoms with Gasteiger partial charge in [-0.3, -0.25) is 0 Å². The number of halogens is 2. The van der Waals surface area contributed by atoms with Crippen LogP contribution in [0.2, 0.25) is 0 Å². The molecule has 2 atom stereocenters. The molecule has 0 spiro atoms. The molecule has 106 valence electrons. The Balaban J connectivity index is 2.14. The number of aliphatic hydroxyl groups is 1. The Kier molecular flexibility index (Phi) is 4.20. The van der Waals surface area contributed by atoms with Gasteiger partial charge in [-0.25, -0.2) is 17.2 Å². The molecule has 0 radical (unpaired) electrons. The third kappa shape index (κ3) is 3.51. The van der Waals surface area contributed by atoms with Crippen LogP contribution >= 0.6 is 0 Å². The molecule has 1 saturated heterocycles. The zero-order chi connectivity index (χ0) is 14.0. The second-order valence-electron chi connectivity index (χ2n) is 4.95. The normalized spacial score (nSPS) is 24.1. The lowest BCUT2D eigenvalue weighted by molar-refractivity contribution is 0.162. The van der Waals surface area contributed by atoms with Crippen molar-refractivity contribution < 1.29 is 22.3 Å². The zero-order valence-corrected chi connectivity index (χ0v) is 11.2. The van der Waals surface area contributed by atoms with Gasteiger partial charge in [-0.1, -0.05) is 6.42 Å². The number of benzene rings is 1. The summed E-state index contributed by atoms with van der Waals surface area (Å²) in [5.74, 6) is -1.38. The Morgan fingerprint density at radius 2 is 1.84 bits per heavy atom. The van der Waals surface area contributed by atoms with Crippen LogP contribution in [0.4, 0.5) is 8.78 Å². The lowest BCUT2D eigenvalue weighted by atomic mass is 10.0. The van der Waals surface area contributed by atoms with E-state index in [0.717, 1.165) is 24.6 Å². The molecule has 1 heterocycles. The van der Waals surface area contributed by atoms with E-state index in [1.807, 2.05) is 0 Å². The van der Waals surface area contributed by atoms with Crippen molar-refractivity contribution in [2.24, 2.45) is 0 Å². The van der Waals surface area contributed by atoms with Gasteiger partial charge in [0.05, 0.1) is 17.1 Å². The van der Waals surface area contributed by atoms with Crippen LogP contribution in [0.5, 0.6) is 0 Å². The van der Waals surface area contributed by atoms with Gasteiger partial charge in [0.2, 0.25) is 0 Å². The standard InChI is InChI=1S/C13H16F2O3S/c14-10-5-9(6-11(15)8-10)7-12(16)13-3-1-2-4-19(13,17)18/h5-6,8,12-13,16H,1-4,7H2. The monoisotopic (exact) mass is 290 g/mol. The number of hydrogen-bond donors (Lipinski definition) is 1. The molecule has 1 fully saturated rings. The quantitative estimate of drug-likeness (QED) is 0.924. The van der Waals surface area contributed by atoms with Gasteiger partial charge in [-0.2, -0.15) is 0 Å². The molecule has 19 heavy (non-hydrogen) atoms. The van der Waals surface area contributed by atoms with E-state index in [0.29, 0.717) is 12.8 Å². The van der Waals surface area contributed by atoms with E-state index in [9.17, 15) is 22.3 Å². The molecule has 1 aliphatic heterocycles. The van der Waals surface area contributed by atoms with Gasteiger partial charge in [-0.05, 0) is 37.0 Å². The minimum absolute atomic E-state index is 0.0570. The summed E-state index contributed by atoms with van der Waals surface area (Å²) in [4.78, 5) is 0. The Morgan fingerprint density at radius 3 is 2.42 bits per heavy atom. The predicted octanol–water partition coefficient (Wildman–Crippen LogP) is 1.84. The number of hydrogen-bond acceptors (Lipinski definition) is 3. The molecule has 1 aromatic carbocycles. The molecule has 0 aromatic heterocycles. The maximum atomic E-state index is 13.0. The van der Waals surface area contributed by atoms with E-state index in [2.05, 4.69) is 0 Å². The van der Waals surface area contributed by atoms with Gasteiger partial charge in [-0.15, -0.1) is 0 Å². The molecule has 1 aromatic rings. The smallest absolute Gasteiger partial charge is 0.155 e. The first kappa shape index (κ1) is 14.4. The SMILES string of the molecule is O=S1(=O)CCCCC1C(O)Cc1cc(F)cc(F)c1. The van der Waals surface area contributed by atoms with Crippen molar-refractivity contribution >= 4 is 9.84 Å². The third-order valence-electron chi connectivity index (χ3n) is 3.43. The highest BCUT2D eigenvalue weighted by Gasteiger charge is 2.34. The van der Waals surface area contributed by atoms with Gasteiger partial charge in [0.1, 0.15) is 11.6 Å².